The second-order valence-electron chi connectivity index (χ2n) is 5.62. The van der Waals surface area contributed by atoms with Crippen LogP contribution in [0.1, 0.15) is 25.0 Å². The Hall–Kier alpha value is -2.16. The lowest BCUT2D eigenvalue weighted by Gasteiger charge is -2.09. The molecular formula is C18H20N2O2S. The summed E-state index contributed by atoms with van der Waals surface area (Å²) in [6.07, 6.45) is 0.652. The summed E-state index contributed by atoms with van der Waals surface area (Å²) in [7, 11) is -3.20. The number of benzene rings is 2. The number of nitrogens with one attached hydrogen (secondary N) is 1. The summed E-state index contributed by atoms with van der Waals surface area (Å²) in [5, 5.41) is 8.40. The van der Waals surface area contributed by atoms with Crippen LogP contribution in [-0.2, 0) is 16.4 Å². The average molecular weight is 328 g/mol. The maximum atomic E-state index is 11.7. The van der Waals surface area contributed by atoms with Crippen LogP contribution < -0.4 is 4.72 Å². The van der Waals surface area contributed by atoms with E-state index in [0.717, 1.165) is 16.7 Å². The van der Waals surface area contributed by atoms with Crippen molar-refractivity contribution in [1.82, 2.24) is 4.72 Å². The fourth-order valence-corrected chi connectivity index (χ4v) is 2.83. The summed E-state index contributed by atoms with van der Waals surface area (Å²) < 4.78 is 26.0. The molecule has 0 amide bonds. The highest BCUT2D eigenvalue weighted by atomic mass is 32.2. The van der Waals surface area contributed by atoms with Crippen molar-refractivity contribution in [2.75, 3.05) is 6.54 Å². The van der Waals surface area contributed by atoms with Crippen molar-refractivity contribution in [2.45, 2.75) is 25.5 Å². The van der Waals surface area contributed by atoms with Gasteiger partial charge in [0.15, 0.2) is 0 Å². The molecule has 0 heterocycles. The van der Waals surface area contributed by atoms with Crippen LogP contribution in [0.25, 0.3) is 11.1 Å². The van der Waals surface area contributed by atoms with Crippen LogP contribution in [0, 0.1) is 11.3 Å². The smallest absolute Gasteiger partial charge is 0.213 e. The summed E-state index contributed by atoms with van der Waals surface area (Å²) in [5.41, 5.74) is 3.84. The molecule has 2 rings (SSSR count). The summed E-state index contributed by atoms with van der Waals surface area (Å²) in [6, 6.07) is 17.5. The Labute approximate surface area is 137 Å². The molecular weight excluding hydrogens is 308 g/mol. The molecule has 0 aliphatic heterocycles. The fraction of sp³-hybridized carbons (Fsp3) is 0.278. The molecule has 1 N–H and O–H groups in total. The Morgan fingerprint density at radius 3 is 2.00 bits per heavy atom. The van der Waals surface area contributed by atoms with E-state index in [1.807, 2.05) is 36.4 Å². The summed E-state index contributed by atoms with van der Waals surface area (Å²) in [4.78, 5) is 0. The zero-order chi connectivity index (χ0) is 16.9. The molecule has 0 aliphatic rings. The third-order valence-corrected chi connectivity index (χ3v) is 5.49. The number of hydrogen-bond acceptors (Lipinski definition) is 3. The molecule has 0 atom stereocenters. The Bertz CT molecular complexity index is 786. The van der Waals surface area contributed by atoms with Gasteiger partial charge in [-0.2, -0.15) is 5.26 Å². The van der Waals surface area contributed by atoms with Crippen LogP contribution in [0.5, 0.6) is 0 Å². The van der Waals surface area contributed by atoms with E-state index in [0.29, 0.717) is 18.5 Å². The van der Waals surface area contributed by atoms with Crippen LogP contribution in [0.3, 0.4) is 0 Å². The summed E-state index contributed by atoms with van der Waals surface area (Å²) >= 11 is 0. The molecule has 0 spiro atoms. The number of sulfonamides is 1. The van der Waals surface area contributed by atoms with Gasteiger partial charge in [0.25, 0.3) is 0 Å². The molecule has 120 valence electrons. The van der Waals surface area contributed by atoms with E-state index in [2.05, 4.69) is 10.8 Å². The topological polar surface area (TPSA) is 70.0 Å². The highest BCUT2D eigenvalue weighted by molar-refractivity contribution is 7.90. The SMILES string of the molecule is CC(C)S(=O)(=O)NCCc1ccc(-c2ccc(C#N)cc2)cc1. The molecule has 2 aromatic rings. The molecule has 0 aliphatic carbocycles. The highest BCUT2D eigenvalue weighted by Gasteiger charge is 2.14. The number of nitrogens with zero attached hydrogens (tertiary/aromatic N) is 1. The second-order valence-corrected chi connectivity index (χ2v) is 7.95. The van der Waals surface area contributed by atoms with Crippen molar-refractivity contribution in [2.24, 2.45) is 0 Å². The number of nitriles is 1. The van der Waals surface area contributed by atoms with Gasteiger partial charge in [0.1, 0.15) is 0 Å². The first-order chi connectivity index (χ1) is 10.9. The van der Waals surface area contributed by atoms with Gasteiger partial charge >= 0.3 is 0 Å². The average Bonchev–Trinajstić information content (AvgIpc) is 2.55. The van der Waals surface area contributed by atoms with Gasteiger partial charge in [-0.15, -0.1) is 0 Å². The second kappa shape index (κ2) is 7.40. The minimum absolute atomic E-state index is 0.400. The van der Waals surface area contributed by atoms with Crippen molar-refractivity contribution >= 4 is 10.0 Å². The van der Waals surface area contributed by atoms with Crippen molar-refractivity contribution in [3.8, 4) is 17.2 Å². The van der Waals surface area contributed by atoms with E-state index < -0.39 is 15.3 Å². The zero-order valence-corrected chi connectivity index (χ0v) is 14.1. The maximum Gasteiger partial charge on any atom is 0.213 e. The lowest BCUT2D eigenvalue weighted by molar-refractivity contribution is 0.572. The van der Waals surface area contributed by atoms with Gasteiger partial charge in [-0.1, -0.05) is 36.4 Å². The maximum absolute atomic E-state index is 11.7. The Kier molecular flexibility index (Phi) is 5.54. The lowest BCUT2D eigenvalue weighted by Crippen LogP contribution is -2.32. The third-order valence-electron chi connectivity index (χ3n) is 3.64. The molecule has 0 unspecified atom stereocenters. The number of rotatable bonds is 6. The van der Waals surface area contributed by atoms with Crippen molar-refractivity contribution in [3.63, 3.8) is 0 Å². The van der Waals surface area contributed by atoms with Crippen molar-refractivity contribution in [1.29, 1.82) is 5.26 Å². The van der Waals surface area contributed by atoms with E-state index in [1.165, 1.54) is 0 Å². The van der Waals surface area contributed by atoms with Crippen LogP contribution in [0.15, 0.2) is 48.5 Å². The van der Waals surface area contributed by atoms with E-state index in [1.54, 1.807) is 26.0 Å². The molecule has 0 bridgehead atoms. The third kappa shape index (κ3) is 4.65. The fourth-order valence-electron chi connectivity index (χ4n) is 2.11. The minimum atomic E-state index is -3.20. The van der Waals surface area contributed by atoms with Crippen molar-refractivity contribution < 1.29 is 8.42 Å². The molecule has 0 radical (unpaired) electrons. The molecule has 4 nitrogen and oxygen atoms in total. The van der Waals surface area contributed by atoms with Gasteiger partial charge in [-0.05, 0) is 49.1 Å². The minimum Gasteiger partial charge on any atom is -0.215 e. The zero-order valence-electron chi connectivity index (χ0n) is 13.3. The highest BCUT2D eigenvalue weighted by Crippen LogP contribution is 2.20. The molecule has 2 aromatic carbocycles. The van der Waals surface area contributed by atoms with Crippen LogP contribution in [-0.4, -0.2) is 20.2 Å². The normalized spacial score (nSPS) is 11.4. The van der Waals surface area contributed by atoms with Gasteiger partial charge in [0.05, 0.1) is 16.9 Å². The summed E-state index contributed by atoms with van der Waals surface area (Å²) in [5.74, 6) is 0. The number of hydrogen-bond donors (Lipinski definition) is 1. The molecule has 0 saturated heterocycles. The van der Waals surface area contributed by atoms with E-state index in [9.17, 15) is 8.42 Å². The molecule has 0 saturated carbocycles. The van der Waals surface area contributed by atoms with Gasteiger partial charge in [-0.3, -0.25) is 0 Å². The Morgan fingerprint density at radius 2 is 1.52 bits per heavy atom. The van der Waals surface area contributed by atoms with Gasteiger partial charge < -0.3 is 0 Å². The standard InChI is InChI=1S/C18H20N2O2S/c1-14(2)23(21,22)20-12-11-15-3-7-17(8-4-15)18-9-5-16(13-19)6-10-18/h3-10,14,20H,11-12H2,1-2H3. The largest absolute Gasteiger partial charge is 0.215 e. The summed E-state index contributed by atoms with van der Waals surface area (Å²) in [6.45, 7) is 3.72. The van der Waals surface area contributed by atoms with Crippen molar-refractivity contribution in [3.05, 3.63) is 59.7 Å². The van der Waals surface area contributed by atoms with E-state index in [-0.39, 0.29) is 0 Å². The first-order valence-electron chi connectivity index (χ1n) is 7.50. The molecule has 23 heavy (non-hydrogen) atoms. The van der Waals surface area contributed by atoms with Crippen LogP contribution in [0.2, 0.25) is 0 Å². The van der Waals surface area contributed by atoms with Crippen LogP contribution >= 0.6 is 0 Å². The predicted octanol–water partition coefficient (Wildman–Crippen LogP) is 3.10. The van der Waals surface area contributed by atoms with E-state index in [4.69, 9.17) is 5.26 Å². The van der Waals surface area contributed by atoms with Gasteiger partial charge in [-0.25, -0.2) is 13.1 Å². The van der Waals surface area contributed by atoms with Crippen LogP contribution in [0.4, 0.5) is 0 Å². The van der Waals surface area contributed by atoms with Gasteiger partial charge in [0, 0.05) is 6.54 Å². The molecule has 5 heteroatoms. The van der Waals surface area contributed by atoms with E-state index >= 15 is 0 Å². The lowest BCUT2D eigenvalue weighted by atomic mass is 10.0. The first-order valence-corrected chi connectivity index (χ1v) is 9.05. The monoisotopic (exact) mass is 328 g/mol. The first kappa shape index (κ1) is 17.2. The van der Waals surface area contributed by atoms with Gasteiger partial charge in [0.2, 0.25) is 10.0 Å². The Morgan fingerprint density at radius 1 is 1.00 bits per heavy atom. The molecule has 0 fully saturated rings. The molecule has 0 aromatic heterocycles. The Balaban J connectivity index is 1.98. The quantitative estimate of drug-likeness (QED) is 0.886. The predicted molar refractivity (Wildman–Crippen MR) is 92.4 cm³/mol.